The number of carbonyl (C=O) groups is 2. The molecule has 0 aromatic heterocycles. The van der Waals surface area contributed by atoms with Gasteiger partial charge >= 0.3 is 0 Å². The Morgan fingerprint density at radius 1 is 1.00 bits per heavy atom. The fraction of sp³-hybridized carbons (Fsp3) is 0.619. The SMILES string of the molecule is O=C(CC1CC2CCC(C1)N2)N1CCCN(C(=O)c2ccccc2F)CC1. The van der Waals surface area contributed by atoms with Crippen molar-refractivity contribution in [1.29, 1.82) is 0 Å². The quantitative estimate of drug-likeness (QED) is 0.885. The standard InChI is InChI=1S/C21H28FN3O2/c22-19-5-2-1-4-18(19)21(27)25-9-3-8-24(10-11-25)20(26)14-15-12-16-6-7-17(13-15)23-16/h1-2,4-5,15-17,23H,3,6-14H2. The Bertz CT molecular complexity index is 698. The molecule has 0 spiro atoms. The predicted molar refractivity (Wildman–Crippen MR) is 101 cm³/mol. The molecule has 5 nitrogen and oxygen atoms in total. The number of piperidine rings is 1. The van der Waals surface area contributed by atoms with Crippen LogP contribution >= 0.6 is 0 Å². The molecule has 27 heavy (non-hydrogen) atoms. The van der Waals surface area contributed by atoms with Crippen LogP contribution in [-0.4, -0.2) is 59.9 Å². The van der Waals surface area contributed by atoms with Gasteiger partial charge in [-0.2, -0.15) is 0 Å². The van der Waals surface area contributed by atoms with E-state index in [0.717, 1.165) is 19.3 Å². The number of fused-ring (bicyclic) bond motifs is 2. The third kappa shape index (κ3) is 4.15. The number of hydrogen-bond donors (Lipinski definition) is 1. The summed E-state index contributed by atoms with van der Waals surface area (Å²) in [5.74, 6) is -0.0744. The van der Waals surface area contributed by atoms with Crippen LogP contribution in [0.25, 0.3) is 0 Å². The fourth-order valence-electron chi connectivity index (χ4n) is 4.89. The average Bonchev–Trinajstić information content (AvgIpc) is 2.86. The van der Waals surface area contributed by atoms with Crippen LogP contribution in [0.15, 0.2) is 24.3 Å². The molecule has 6 heteroatoms. The molecule has 2 atom stereocenters. The van der Waals surface area contributed by atoms with Crippen molar-refractivity contribution in [2.24, 2.45) is 5.92 Å². The van der Waals surface area contributed by atoms with Gasteiger partial charge in [-0.3, -0.25) is 9.59 Å². The third-order valence-electron chi connectivity index (χ3n) is 6.27. The van der Waals surface area contributed by atoms with Crippen molar-refractivity contribution in [3.05, 3.63) is 35.6 Å². The fourth-order valence-corrected chi connectivity index (χ4v) is 4.89. The highest BCUT2D eigenvalue weighted by atomic mass is 19.1. The highest BCUT2D eigenvalue weighted by molar-refractivity contribution is 5.94. The van der Waals surface area contributed by atoms with E-state index < -0.39 is 5.82 Å². The molecule has 2 amide bonds. The summed E-state index contributed by atoms with van der Waals surface area (Å²) in [5.41, 5.74) is 0.113. The van der Waals surface area contributed by atoms with E-state index in [1.807, 2.05) is 4.90 Å². The van der Waals surface area contributed by atoms with Gasteiger partial charge in [-0.15, -0.1) is 0 Å². The molecule has 0 saturated carbocycles. The van der Waals surface area contributed by atoms with Crippen molar-refractivity contribution < 1.29 is 14.0 Å². The Morgan fingerprint density at radius 3 is 2.41 bits per heavy atom. The number of amides is 2. The average molecular weight is 373 g/mol. The number of nitrogens with one attached hydrogen (secondary N) is 1. The number of benzene rings is 1. The third-order valence-corrected chi connectivity index (χ3v) is 6.27. The molecular weight excluding hydrogens is 345 g/mol. The van der Waals surface area contributed by atoms with E-state index in [1.165, 1.54) is 25.0 Å². The van der Waals surface area contributed by atoms with Crippen LogP contribution in [0.4, 0.5) is 4.39 Å². The number of halogens is 1. The van der Waals surface area contributed by atoms with E-state index in [1.54, 1.807) is 17.0 Å². The number of rotatable bonds is 3. The second-order valence-electron chi connectivity index (χ2n) is 8.19. The van der Waals surface area contributed by atoms with Crippen LogP contribution < -0.4 is 5.32 Å². The van der Waals surface area contributed by atoms with Crippen LogP contribution in [0.5, 0.6) is 0 Å². The molecule has 3 aliphatic rings. The maximum absolute atomic E-state index is 13.9. The zero-order valence-electron chi connectivity index (χ0n) is 15.7. The lowest BCUT2D eigenvalue weighted by Crippen LogP contribution is -2.41. The maximum atomic E-state index is 13.9. The van der Waals surface area contributed by atoms with Gasteiger partial charge in [0.1, 0.15) is 5.82 Å². The van der Waals surface area contributed by atoms with Crippen molar-refractivity contribution in [2.45, 2.75) is 50.6 Å². The Labute approximate surface area is 159 Å². The van der Waals surface area contributed by atoms with Crippen molar-refractivity contribution in [3.63, 3.8) is 0 Å². The smallest absolute Gasteiger partial charge is 0.256 e. The molecular formula is C21H28FN3O2. The van der Waals surface area contributed by atoms with E-state index in [0.29, 0.717) is 50.6 Å². The first-order chi connectivity index (χ1) is 13.1. The van der Waals surface area contributed by atoms with Crippen LogP contribution in [0.1, 0.15) is 48.9 Å². The maximum Gasteiger partial charge on any atom is 0.256 e. The van der Waals surface area contributed by atoms with Gasteiger partial charge < -0.3 is 15.1 Å². The molecule has 0 aliphatic carbocycles. The molecule has 3 saturated heterocycles. The van der Waals surface area contributed by atoms with Gasteiger partial charge in [0.05, 0.1) is 5.56 Å². The van der Waals surface area contributed by atoms with Crippen molar-refractivity contribution in [2.75, 3.05) is 26.2 Å². The van der Waals surface area contributed by atoms with Gasteiger partial charge in [-0.25, -0.2) is 4.39 Å². The lowest BCUT2D eigenvalue weighted by Gasteiger charge is -2.30. The first-order valence-electron chi connectivity index (χ1n) is 10.2. The topological polar surface area (TPSA) is 52.7 Å². The minimum atomic E-state index is -0.486. The molecule has 3 aliphatic heterocycles. The molecule has 2 unspecified atom stereocenters. The Hall–Kier alpha value is -1.95. The van der Waals surface area contributed by atoms with Crippen LogP contribution in [0, 0.1) is 11.7 Å². The number of hydrogen-bond acceptors (Lipinski definition) is 3. The zero-order valence-corrected chi connectivity index (χ0v) is 15.7. The Kier molecular flexibility index (Phi) is 5.43. The van der Waals surface area contributed by atoms with Gasteiger partial charge in [0.25, 0.3) is 5.91 Å². The summed E-state index contributed by atoms with van der Waals surface area (Å²) < 4.78 is 13.9. The van der Waals surface area contributed by atoms with Gasteiger partial charge in [0.15, 0.2) is 0 Å². The summed E-state index contributed by atoms with van der Waals surface area (Å²) >= 11 is 0. The second-order valence-corrected chi connectivity index (χ2v) is 8.19. The van der Waals surface area contributed by atoms with Crippen LogP contribution in [0.2, 0.25) is 0 Å². The highest BCUT2D eigenvalue weighted by Gasteiger charge is 2.35. The number of nitrogens with zero attached hydrogens (tertiary/aromatic N) is 2. The summed E-state index contributed by atoms with van der Waals surface area (Å²) in [6, 6.07) is 7.29. The summed E-state index contributed by atoms with van der Waals surface area (Å²) in [7, 11) is 0. The second kappa shape index (κ2) is 7.97. The molecule has 146 valence electrons. The monoisotopic (exact) mass is 373 g/mol. The number of carbonyl (C=O) groups excluding carboxylic acids is 2. The largest absolute Gasteiger partial charge is 0.341 e. The van der Waals surface area contributed by atoms with Crippen LogP contribution in [-0.2, 0) is 4.79 Å². The van der Waals surface area contributed by atoms with Crippen molar-refractivity contribution in [1.82, 2.24) is 15.1 Å². The minimum Gasteiger partial charge on any atom is -0.341 e. The minimum absolute atomic E-state index is 0.113. The first kappa shape index (κ1) is 18.4. The molecule has 3 fully saturated rings. The normalized spacial score (nSPS) is 28.1. The molecule has 1 N–H and O–H groups in total. The lowest BCUT2D eigenvalue weighted by atomic mass is 9.89. The molecule has 0 radical (unpaired) electrons. The van der Waals surface area contributed by atoms with Crippen LogP contribution in [0.3, 0.4) is 0 Å². The molecule has 4 rings (SSSR count). The predicted octanol–water partition coefficient (Wildman–Crippen LogP) is 2.42. The van der Waals surface area contributed by atoms with Gasteiger partial charge in [0.2, 0.25) is 5.91 Å². The first-order valence-corrected chi connectivity index (χ1v) is 10.2. The van der Waals surface area contributed by atoms with E-state index in [2.05, 4.69) is 5.32 Å². The van der Waals surface area contributed by atoms with E-state index >= 15 is 0 Å². The molecule has 2 bridgehead atoms. The molecule has 1 aromatic rings. The Morgan fingerprint density at radius 2 is 1.67 bits per heavy atom. The lowest BCUT2D eigenvalue weighted by molar-refractivity contribution is -0.132. The molecule has 3 heterocycles. The van der Waals surface area contributed by atoms with Gasteiger partial charge in [-0.1, -0.05) is 12.1 Å². The van der Waals surface area contributed by atoms with E-state index in [4.69, 9.17) is 0 Å². The molecule has 1 aromatic carbocycles. The summed E-state index contributed by atoms with van der Waals surface area (Å²) in [5, 5.41) is 3.62. The van der Waals surface area contributed by atoms with Gasteiger partial charge in [-0.05, 0) is 50.2 Å². The summed E-state index contributed by atoms with van der Waals surface area (Å²) in [4.78, 5) is 29.0. The van der Waals surface area contributed by atoms with Crippen molar-refractivity contribution in [3.8, 4) is 0 Å². The Balaban J connectivity index is 1.32. The zero-order chi connectivity index (χ0) is 18.8. The van der Waals surface area contributed by atoms with E-state index in [-0.39, 0.29) is 17.4 Å². The van der Waals surface area contributed by atoms with E-state index in [9.17, 15) is 14.0 Å². The summed E-state index contributed by atoms with van der Waals surface area (Å²) in [6.07, 6.45) is 6.06. The van der Waals surface area contributed by atoms with Gasteiger partial charge in [0, 0.05) is 44.7 Å². The highest BCUT2D eigenvalue weighted by Crippen LogP contribution is 2.33. The van der Waals surface area contributed by atoms with Crippen molar-refractivity contribution >= 4 is 11.8 Å². The summed E-state index contributed by atoms with van der Waals surface area (Å²) in [6.45, 7) is 2.25.